The fourth-order valence-corrected chi connectivity index (χ4v) is 4.32. The van der Waals surface area contributed by atoms with Crippen molar-refractivity contribution in [3.05, 3.63) is 0 Å². The number of carboxylic acid groups (broad SMARTS) is 1. The summed E-state index contributed by atoms with van der Waals surface area (Å²) in [5.74, 6) is -4.51. The summed E-state index contributed by atoms with van der Waals surface area (Å²) >= 11 is 11.1. The van der Waals surface area contributed by atoms with Gasteiger partial charge < -0.3 is 67.0 Å². The first kappa shape index (κ1) is 48.6. The molecule has 0 aliphatic rings. The summed E-state index contributed by atoms with van der Waals surface area (Å²) in [5.41, 5.74) is 11.0. The van der Waals surface area contributed by atoms with Gasteiger partial charge in [0, 0.05) is 64.7 Å². The second-order valence-corrected chi connectivity index (χ2v) is 11.4. The molecule has 6 amide bonds. The van der Waals surface area contributed by atoms with E-state index in [1.165, 1.54) is 4.90 Å². The molecule has 0 bridgehead atoms. The molecule has 0 unspecified atom stereocenters. The van der Waals surface area contributed by atoms with Crippen LogP contribution in [-0.4, -0.2) is 174 Å². The van der Waals surface area contributed by atoms with E-state index in [0.29, 0.717) is 26.2 Å². The van der Waals surface area contributed by atoms with Crippen molar-refractivity contribution in [3.8, 4) is 0 Å². The van der Waals surface area contributed by atoms with Crippen LogP contribution in [0.25, 0.3) is 0 Å². The van der Waals surface area contributed by atoms with Crippen molar-refractivity contribution in [2.24, 2.45) is 11.5 Å². The number of aliphatic carboxylic acids is 1. The van der Waals surface area contributed by atoms with Crippen LogP contribution in [0.3, 0.4) is 0 Å². The molecule has 0 saturated heterocycles. The van der Waals surface area contributed by atoms with E-state index in [1.807, 2.05) is 0 Å². The Labute approximate surface area is 312 Å². The standard InChI is InChI=1S/C30H54Cl2N8O12/c31-17-25(42)35-6-9-40(28(45)18-32)10-7-37-30(48)23(2-4-29(46)47)39-27(44)21-52-16-14-50-12-8-36-24(41)3-1-22(19-34)38-26(43)20-51-15-13-49-11-5-33/h22-23H,1-21,33-34H2,(H,35,42)(H,36,41)(H,37,48)(H,38,43)(H,39,44)(H,46,47)/t22-,23-/m0/s1. The van der Waals surface area contributed by atoms with Crippen LogP contribution in [0, 0.1) is 0 Å². The van der Waals surface area contributed by atoms with Crippen LogP contribution in [0.15, 0.2) is 0 Å². The van der Waals surface area contributed by atoms with Gasteiger partial charge in [-0.2, -0.15) is 0 Å². The molecule has 300 valence electrons. The maximum Gasteiger partial charge on any atom is 0.303 e. The van der Waals surface area contributed by atoms with Crippen molar-refractivity contribution in [2.75, 3.05) is 110 Å². The van der Waals surface area contributed by atoms with Crippen LogP contribution in [0.1, 0.15) is 25.7 Å². The summed E-state index contributed by atoms with van der Waals surface area (Å²) in [4.78, 5) is 85.1. The van der Waals surface area contributed by atoms with Crippen molar-refractivity contribution in [2.45, 2.75) is 37.8 Å². The van der Waals surface area contributed by atoms with Crippen molar-refractivity contribution in [1.29, 1.82) is 0 Å². The van der Waals surface area contributed by atoms with Crippen molar-refractivity contribution in [1.82, 2.24) is 31.5 Å². The average Bonchev–Trinajstić information content (AvgIpc) is 3.12. The Hall–Kier alpha value is -3.37. The number of carboxylic acids is 1. The Bertz CT molecular complexity index is 1080. The van der Waals surface area contributed by atoms with E-state index >= 15 is 0 Å². The van der Waals surface area contributed by atoms with Gasteiger partial charge in [-0.05, 0) is 12.8 Å². The summed E-state index contributed by atoms with van der Waals surface area (Å²) in [6.07, 6.45) is -0.135. The van der Waals surface area contributed by atoms with Crippen LogP contribution in [0.2, 0.25) is 0 Å². The summed E-state index contributed by atoms with van der Waals surface area (Å²) < 4.78 is 21.0. The Morgan fingerprint density at radius 2 is 1.21 bits per heavy atom. The molecule has 10 N–H and O–H groups in total. The van der Waals surface area contributed by atoms with Gasteiger partial charge in [0.1, 0.15) is 31.0 Å². The molecule has 0 aromatic carbocycles. The molecule has 0 spiro atoms. The van der Waals surface area contributed by atoms with Gasteiger partial charge in [0.05, 0.1) is 39.6 Å². The van der Waals surface area contributed by atoms with Crippen molar-refractivity contribution in [3.63, 3.8) is 0 Å². The predicted octanol–water partition coefficient (Wildman–Crippen LogP) is -3.76. The van der Waals surface area contributed by atoms with E-state index in [9.17, 15) is 33.6 Å². The van der Waals surface area contributed by atoms with E-state index in [2.05, 4.69) is 26.6 Å². The first-order valence-corrected chi connectivity index (χ1v) is 17.8. The normalized spacial score (nSPS) is 11.9. The SMILES string of the molecule is NCCOCCOCC(=O)N[C@H](CN)CCC(=O)NCCOCCOCC(=O)N[C@@H](CCC(=O)O)C(=O)NCCN(CCNC(=O)CCl)C(=O)CCl. The smallest absolute Gasteiger partial charge is 0.303 e. The molecule has 20 nitrogen and oxygen atoms in total. The maximum atomic E-state index is 12.7. The van der Waals surface area contributed by atoms with Gasteiger partial charge in [-0.25, -0.2) is 0 Å². The zero-order valence-corrected chi connectivity index (χ0v) is 30.8. The number of nitrogens with two attached hydrogens (primary N) is 2. The fraction of sp³-hybridized carbons (Fsp3) is 0.767. The van der Waals surface area contributed by atoms with Crippen molar-refractivity contribution < 1.29 is 57.6 Å². The molecule has 2 atom stereocenters. The first-order valence-electron chi connectivity index (χ1n) is 16.7. The number of nitrogens with zero attached hydrogens (tertiary/aromatic N) is 1. The van der Waals surface area contributed by atoms with Crippen LogP contribution in [0.4, 0.5) is 0 Å². The molecule has 22 heteroatoms. The third-order valence-corrected chi connectivity index (χ3v) is 7.15. The fourth-order valence-electron chi connectivity index (χ4n) is 4.06. The number of hydrogen-bond donors (Lipinski definition) is 8. The largest absolute Gasteiger partial charge is 0.481 e. The van der Waals surface area contributed by atoms with Gasteiger partial charge in [-0.15, -0.1) is 23.2 Å². The molecule has 0 heterocycles. The molecule has 0 saturated carbocycles. The molecule has 0 aromatic heterocycles. The highest BCUT2D eigenvalue weighted by atomic mass is 35.5. The topological polar surface area (TPSA) is 292 Å². The molecule has 0 rings (SSSR count). The quantitative estimate of drug-likeness (QED) is 0.0234. The minimum absolute atomic E-state index is 0.0193. The van der Waals surface area contributed by atoms with Gasteiger partial charge in [0.25, 0.3) is 0 Å². The summed E-state index contributed by atoms with van der Waals surface area (Å²) in [7, 11) is 0. The molecule has 0 aliphatic heterocycles. The molecule has 0 radical (unpaired) electrons. The van der Waals surface area contributed by atoms with E-state index in [4.69, 9.17) is 58.7 Å². The molecule has 52 heavy (non-hydrogen) atoms. The maximum absolute atomic E-state index is 12.7. The Morgan fingerprint density at radius 3 is 1.79 bits per heavy atom. The number of alkyl halides is 2. The number of nitrogens with one attached hydrogen (secondary N) is 5. The van der Waals surface area contributed by atoms with Gasteiger partial charge in [-0.1, -0.05) is 0 Å². The van der Waals surface area contributed by atoms with E-state index in [-0.39, 0.29) is 109 Å². The third kappa shape index (κ3) is 27.3. The molecular formula is C30H54Cl2N8O12. The number of ether oxygens (including phenoxy) is 4. The monoisotopic (exact) mass is 788 g/mol. The molecule has 0 aliphatic carbocycles. The lowest BCUT2D eigenvalue weighted by Crippen LogP contribution is -2.50. The second-order valence-electron chi connectivity index (χ2n) is 10.8. The lowest BCUT2D eigenvalue weighted by molar-refractivity contribution is -0.138. The molecular weight excluding hydrogens is 735 g/mol. The molecule has 0 fully saturated rings. The van der Waals surface area contributed by atoms with Gasteiger partial charge in [-0.3, -0.25) is 33.6 Å². The summed E-state index contributed by atoms with van der Waals surface area (Å²) in [6, 6.07) is -1.59. The van der Waals surface area contributed by atoms with Crippen LogP contribution < -0.4 is 38.1 Å². The van der Waals surface area contributed by atoms with Crippen molar-refractivity contribution >= 4 is 64.6 Å². The zero-order chi connectivity index (χ0) is 39.0. The van der Waals surface area contributed by atoms with Crippen LogP contribution in [0.5, 0.6) is 0 Å². The predicted molar refractivity (Wildman–Crippen MR) is 188 cm³/mol. The summed E-state index contributed by atoms with van der Waals surface area (Å²) in [5, 5.41) is 22.0. The Morgan fingerprint density at radius 1 is 0.635 bits per heavy atom. The zero-order valence-electron chi connectivity index (χ0n) is 29.3. The number of rotatable bonds is 33. The lowest BCUT2D eigenvalue weighted by Gasteiger charge is -2.23. The lowest BCUT2D eigenvalue weighted by atomic mass is 10.1. The van der Waals surface area contributed by atoms with E-state index in [1.54, 1.807) is 0 Å². The third-order valence-electron chi connectivity index (χ3n) is 6.68. The number of carbonyl (C=O) groups excluding carboxylic acids is 6. The second kappa shape index (κ2) is 32.3. The highest BCUT2D eigenvalue weighted by molar-refractivity contribution is 6.27. The molecule has 0 aromatic rings. The Kier molecular flexibility index (Phi) is 30.2. The number of carbonyl (C=O) groups is 7. The van der Waals surface area contributed by atoms with Gasteiger partial charge in [0.15, 0.2) is 0 Å². The summed E-state index contributed by atoms with van der Waals surface area (Å²) in [6.45, 7) is 1.66. The highest BCUT2D eigenvalue weighted by Crippen LogP contribution is 2.00. The number of halogens is 2. The van der Waals surface area contributed by atoms with Crippen LogP contribution >= 0.6 is 23.2 Å². The Balaban J connectivity index is 4.33. The van der Waals surface area contributed by atoms with Crippen LogP contribution in [-0.2, 0) is 52.5 Å². The number of hydrogen-bond acceptors (Lipinski definition) is 13. The van der Waals surface area contributed by atoms with Gasteiger partial charge >= 0.3 is 5.97 Å². The van der Waals surface area contributed by atoms with E-state index < -0.39 is 54.7 Å². The van der Waals surface area contributed by atoms with E-state index in [0.717, 1.165) is 0 Å². The minimum atomic E-state index is -1.19. The number of amides is 6. The average molecular weight is 790 g/mol. The first-order chi connectivity index (χ1) is 25.0. The van der Waals surface area contributed by atoms with Gasteiger partial charge in [0.2, 0.25) is 35.4 Å². The minimum Gasteiger partial charge on any atom is -0.481 e. The highest BCUT2D eigenvalue weighted by Gasteiger charge is 2.22.